The molecule has 0 spiro atoms. The summed E-state index contributed by atoms with van der Waals surface area (Å²) in [6.07, 6.45) is 1.20. The molecule has 1 aliphatic rings. The molecule has 0 aliphatic heterocycles. The molecule has 0 atom stereocenters. The molecule has 4 rings (SSSR count). The number of pyridine rings is 1. The molecular weight excluding hydrogens is 264 g/mol. The Labute approximate surface area is 120 Å². The summed E-state index contributed by atoms with van der Waals surface area (Å²) in [5.74, 6) is 0.00206. The van der Waals surface area contributed by atoms with Gasteiger partial charge in [-0.05, 0) is 29.3 Å². The number of carbonyl (C=O) groups is 1. The van der Waals surface area contributed by atoms with E-state index in [0.29, 0.717) is 6.42 Å². The Balaban J connectivity index is 2.08. The van der Waals surface area contributed by atoms with E-state index in [4.69, 9.17) is 0 Å². The van der Waals surface area contributed by atoms with E-state index in [2.05, 4.69) is 10.3 Å². The van der Waals surface area contributed by atoms with Crippen molar-refractivity contribution in [3.63, 3.8) is 0 Å². The lowest BCUT2D eigenvalue weighted by Crippen LogP contribution is -2.11. The van der Waals surface area contributed by atoms with E-state index in [1.165, 1.54) is 0 Å². The van der Waals surface area contributed by atoms with Crippen LogP contribution in [-0.2, 0) is 11.2 Å². The average Bonchev–Trinajstić information content (AvgIpc) is 2.89. The fourth-order valence-corrected chi connectivity index (χ4v) is 3.19. The second-order valence-electron chi connectivity index (χ2n) is 5.39. The van der Waals surface area contributed by atoms with Gasteiger partial charge in [0.05, 0.1) is 0 Å². The first-order chi connectivity index (χ1) is 10.2. The Morgan fingerprint density at radius 2 is 2.10 bits per heavy atom. The van der Waals surface area contributed by atoms with Crippen molar-refractivity contribution in [3.8, 4) is 0 Å². The second kappa shape index (κ2) is 4.19. The van der Waals surface area contributed by atoms with E-state index < -0.39 is 0 Å². The molecule has 3 aromatic rings. The molecule has 2 aromatic carbocycles. The molecule has 0 fully saturated rings. The molecule has 1 amide bonds. The van der Waals surface area contributed by atoms with E-state index in [-0.39, 0.29) is 11.5 Å². The maximum atomic E-state index is 12.2. The summed E-state index contributed by atoms with van der Waals surface area (Å²) in [5.41, 5.74) is 3.87. The van der Waals surface area contributed by atoms with Gasteiger partial charge in [0.2, 0.25) is 5.91 Å². The lowest BCUT2D eigenvalue weighted by molar-refractivity contribution is -0.115. The molecule has 4 nitrogen and oxygen atoms in total. The Morgan fingerprint density at radius 3 is 2.90 bits per heavy atom. The van der Waals surface area contributed by atoms with Crippen LogP contribution in [-0.4, -0.2) is 10.9 Å². The third-order valence-corrected chi connectivity index (χ3v) is 4.17. The Kier molecular flexibility index (Phi) is 2.42. The SMILES string of the molecule is CCC(=O)Nc1ccc2[nH]c(=O)c3cccc4c3c2c1C4. The van der Waals surface area contributed by atoms with E-state index in [1.54, 1.807) is 0 Å². The molecular formula is C17H14N2O2. The minimum Gasteiger partial charge on any atom is -0.326 e. The summed E-state index contributed by atoms with van der Waals surface area (Å²) in [6, 6.07) is 9.55. The molecule has 0 saturated heterocycles. The first-order valence-corrected chi connectivity index (χ1v) is 7.08. The number of anilines is 1. The number of hydrogen-bond acceptors (Lipinski definition) is 2. The molecule has 21 heavy (non-hydrogen) atoms. The fourth-order valence-electron chi connectivity index (χ4n) is 3.19. The Morgan fingerprint density at radius 1 is 1.24 bits per heavy atom. The van der Waals surface area contributed by atoms with Crippen molar-refractivity contribution in [3.05, 3.63) is 51.8 Å². The zero-order valence-electron chi connectivity index (χ0n) is 11.6. The van der Waals surface area contributed by atoms with Crippen molar-refractivity contribution in [1.82, 2.24) is 4.98 Å². The zero-order valence-corrected chi connectivity index (χ0v) is 11.6. The molecule has 0 radical (unpaired) electrons. The number of aromatic nitrogens is 1. The van der Waals surface area contributed by atoms with Crippen molar-refractivity contribution in [2.75, 3.05) is 5.32 Å². The number of amides is 1. The van der Waals surface area contributed by atoms with Gasteiger partial charge in [0, 0.05) is 40.2 Å². The van der Waals surface area contributed by atoms with Gasteiger partial charge in [0.25, 0.3) is 5.56 Å². The zero-order chi connectivity index (χ0) is 14.6. The number of nitrogens with one attached hydrogen (secondary N) is 2. The van der Waals surface area contributed by atoms with Crippen LogP contribution in [0.4, 0.5) is 5.69 Å². The molecule has 0 unspecified atom stereocenters. The predicted molar refractivity (Wildman–Crippen MR) is 83.8 cm³/mol. The van der Waals surface area contributed by atoms with Gasteiger partial charge in [0.1, 0.15) is 0 Å². The van der Waals surface area contributed by atoms with Gasteiger partial charge < -0.3 is 10.3 Å². The van der Waals surface area contributed by atoms with Crippen molar-refractivity contribution in [1.29, 1.82) is 0 Å². The third kappa shape index (κ3) is 1.62. The highest BCUT2D eigenvalue weighted by atomic mass is 16.1. The lowest BCUT2D eigenvalue weighted by Gasteiger charge is -2.10. The largest absolute Gasteiger partial charge is 0.326 e. The van der Waals surface area contributed by atoms with Crippen LogP contribution >= 0.6 is 0 Å². The highest BCUT2D eigenvalue weighted by molar-refractivity contribution is 6.14. The van der Waals surface area contributed by atoms with Gasteiger partial charge in [-0.25, -0.2) is 0 Å². The van der Waals surface area contributed by atoms with Crippen LogP contribution in [0.25, 0.3) is 21.7 Å². The summed E-state index contributed by atoms with van der Waals surface area (Å²) in [4.78, 5) is 26.8. The summed E-state index contributed by atoms with van der Waals surface area (Å²) in [6.45, 7) is 1.83. The van der Waals surface area contributed by atoms with Crippen LogP contribution in [0.3, 0.4) is 0 Å². The molecule has 1 aromatic heterocycles. The minimum atomic E-state index is -0.0578. The first kappa shape index (κ1) is 12.1. The molecule has 4 heteroatoms. The van der Waals surface area contributed by atoms with E-state index in [1.807, 2.05) is 37.3 Å². The number of carbonyl (C=O) groups excluding carboxylic acids is 1. The normalized spacial score (nSPS) is 12.4. The van der Waals surface area contributed by atoms with Gasteiger partial charge in [-0.1, -0.05) is 19.1 Å². The van der Waals surface area contributed by atoms with Crippen molar-refractivity contribution >= 4 is 33.3 Å². The second-order valence-corrected chi connectivity index (χ2v) is 5.39. The number of aromatic amines is 1. The Hall–Kier alpha value is -2.62. The van der Waals surface area contributed by atoms with Crippen molar-refractivity contribution < 1.29 is 4.79 Å². The highest BCUT2D eigenvalue weighted by Crippen LogP contribution is 2.39. The van der Waals surface area contributed by atoms with Gasteiger partial charge in [-0.2, -0.15) is 0 Å². The van der Waals surface area contributed by atoms with Crippen LogP contribution < -0.4 is 10.9 Å². The fraction of sp³-hybridized carbons (Fsp3) is 0.176. The molecule has 104 valence electrons. The molecule has 1 heterocycles. The highest BCUT2D eigenvalue weighted by Gasteiger charge is 2.22. The molecule has 0 saturated carbocycles. The third-order valence-electron chi connectivity index (χ3n) is 4.17. The van der Waals surface area contributed by atoms with Gasteiger partial charge >= 0.3 is 0 Å². The maximum absolute atomic E-state index is 12.2. The van der Waals surface area contributed by atoms with Crippen LogP contribution in [0.5, 0.6) is 0 Å². The maximum Gasteiger partial charge on any atom is 0.256 e. The minimum absolute atomic E-state index is 0.00206. The standard InChI is InChI=1S/C17H14N2O2/c1-2-14(20)18-12-6-7-13-16-11(12)8-9-4-3-5-10(15(9)16)17(21)19-13/h3-7H,2,8H2,1H3,(H,18,20)(H,19,21). The van der Waals surface area contributed by atoms with Crippen molar-refractivity contribution in [2.24, 2.45) is 0 Å². The Bertz CT molecular complexity index is 970. The number of hydrogen-bond donors (Lipinski definition) is 2. The average molecular weight is 278 g/mol. The summed E-state index contributed by atoms with van der Waals surface area (Å²) >= 11 is 0. The topological polar surface area (TPSA) is 62.0 Å². The lowest BCUT2D eigenvalue weighted by atomic mass is 10.1. The smallest absolute Gasteiger partial charge is 0.256 e. The monoisotopic (exact) mass is 278 g/mol. The number of H-pyrrole nitrogens is 1. The van der Waals surface area contributed by atoms with Crippen LogP contribution in [0.2, 0.25) is 0 Å². The summed E-state index contributed by atoms with van der Waals surface area (Å²) in [5, 5.41) is 5.77. The number of benzene rings is 2. The first-order valence-electron chi connectivity index (χ1n) is 7.08. The quantitative estimate of drug-likeness (QED) is 0.554. The molecule has 2 N–H and O–H groups in total. The number of rotatable bonds is 2. The van der Waals surface area contributed by atoms with Gasteiger partial charge in [0.15, 0.2) is 0 Å². The summed E-state index contributed by atoms with van der Waals surface area (Å²) in [7, 11) is 0. The molecule has 0 bridgehead atoms. The molecule has 1 aliphatic carbocycles. The van der Waals surface area contributed by atoms with Gasteiger partial charge in [-0.15, -0.1) is 0 Å². The summed E-state index contributed by atoms with van der Waals surface area (Å²) < 4.78 is 0. The van der Waals surface area contributed by atoms with Crippen molar-refractivity contribution in [2.45, 2.75) is 19.8 Å². The van der Waals surface area contributed by atoms with Crippen LogP contribution in [0, 0.1) is 0 Å². The van der Waals surface area contributed by atoms with E-state index in [9.17, 15) is 9.59 Å². The van der Waals surface area contributed by atoms with Gasteiger partial charge in [-0.3, -0.25) is 9.59 Å². The van der Waals surface area contributed by atoms with E-state index in [0.717, 1.165) is 44.9 Å². The van der Waals surface area contributed by atoms with Crippen LogP contribution in [0.1, 0.15) is 24.5 Å². The van der Waals surface area contributed by atoms with E-state index >= 15 is 0 Å². The van der Waals surface area contributed by atoms with Crippen LogP contribution in [0.15, 0.2) is 35.1 Å². The predicted octanol–water partition coefficient (Wildman–Crippen LogP) is 2.93.